The van der Waals surface area contributed by atoms with E-state index in [2.05, 4.69) is 43.8 Å². The van der Waals surface area contributed by atoms with Gasteiger partial charge in [-0.3, -0.25) is 4.79 Å². The average Bonchev–Trinajstić information content (AvgIpc) is 2.37. The molecule has 1 amide bonds. The topological polar surface area (TPSA) is 29.1 Å². The second-order valence-electron chi connectivity index (χ2n) is 4.16. The lowest BCUT2D eigenvalue weighted by atomic mass is 10.1. The molecule has 0 saturated heterocycles. The maximum Gasteiger partial charge on any atom is 0.417 e. The second kappa shape index (κ2) is 6.35. The molecule has 2 rings (SSSR count). The van der Waals surface area contributed by atoms with E-state index >= 15 is 0 Å². The van der Waals surface area contributed by atoms with Gasteiger partial charge in [-0.1, -0.05) is 22.0 Å². The van der Waals surface area contributed by atoms with Crippen LogP contribution in [0.4, 0.5) is 18.9 Å². The number of alkyl halides is 3. The first-order valence-corrected chi connectivity index (χ1v) is 7.58. The van der Waals surface area contributed by atoms with Gasteiger partial charge >= 0.3 is 6.18 Å². The van der Waals surface area contributed by atoms with Crippen LogP contribution in [0.2, 0.25) is 0 Å². The number of carbonyl (C=O) groups excluding carboxylic acids is 1. The Labute approximate surface area is 141 Å². The van der Waals surface area contributed by atoms with Gasteiger partial charge in [-0.2, -0.15) is 13.2 Å². The third-order valence-electron chi connectivity index (χ3n) is 2.62. The van der Waals surface area contributed by atoms with Crippen molar-refractivity contribution in [3.05, 3.63) is 61.6 Å². The predicted molar refractivity (Wildman–Crippen MR) is 86.3 cm³/mol. The highest BCUT2D eigenvalue weighted by Gasteiger charge is 2.33. The molecule has 2 nitrogen and oxygen atoms in total. The number of nitrogens with one attached hydrogen (secondary N) is 1. The molecule has 0 radical (unpaired) electrons. The van der Waals surface area contributed by atoms with E-state index in [9.17, 15) is 18.0 Å². The molecule has 0 aliphatic rings. The smallest absolute Gasteiger partial charge is 0.322 e. The summed E-state index contributed by atoms with van der Waals surface area (Å²) in [6, 6.07) is 10.4. The molecule has 7 heteroatoms. The van der Waals surface area contributed by atoms with Crippen LogP contribution in [-0.2, 0) is 6.18 Å². The minimum Gasteiger partial charge on any atom is -0.322 e. The number of rotatable bonds is 2. The van der Waals surface area contributed by atoms with Gasteiger partial charge in [0.2, 0.25) is 0 Å². The van der Waals surface area contributed by atoms with Gasteiger partial charge in [-0.15, -0.1) is 0 Å². The molecular formula is C14H8BrF3INO. The minimum absolute atomic E-state index is 0.0515. The van der Waals surface area contributed by atoms with Crippen molar-refractivity contribution in [3.8, 4) is 0 Å². The summed E-state index contributed by atoms with van der Waals surface area (Å²) in [7, 11) is 0. The lowest BCUT2D eigenvalue weighted by Gasteiger charge is -2.11. The van der Waals surface area contributed by atoms with Crippen LogP contribution < -0.4 is 5.32 Å². The fourth-order valence-corrected chi connectivity index (χ4v) is 2.67. The molecule has 21 heavy (non-hydrogen) atoms. The quantitative estimate of drug-likeness (QED) is 0.592. The molecule has 0 spiro atoms. The summed E-state index contributed by atoms with van der Waals surface area (Å²) in [4.78, 5) is 12.0. The number of carbonyl (C=O) groups is 1. The third-order valence-corrected chi connectivity index (χ3v) is 3.98. The van der Waals surface area contributed by atoms with Gasteiger partial charge < -0.3 is 5.32 Å². The van der Waals surface area contributed by atoms with Crippen molar-refractivity contribution < 1.29 is 18.0 Å². The molecule has 0 fully saturated rings. The lowest BCUT2D eigenvalue weighted by Crippen LogP contribution is -2.14. The molecule has 2 aromatic carbocycles. The summed E-state index contributed by atoms with van der Waals surface area (Å²) >= 11 is 4.92. The minimum atomic E-state index is -4.52. The highest BCUT2D eigenvalue weighted by Crippen LogP contribution is 2.35. The van der Waals surface area contributed by atoms with Crippen LogP contribution in [0, 0.1) is 3.57 Å². The number of halogens is 5. The molecule has 0 aliphatic heterocycles. The van der Waals surface area contributed by atoms with E-state index in [0.717, 1.165) is 9.64 Å². The fraction of sp³-hybridized carbons (Fsp3) is 0.0714. The Morgan fingerprint density at radius 2 is 1.86 bits per heavy atom. The maximum absolute atomic E-state index is 12.8. The molecule has 0 unspecified atom stereocenters. The molecular weight excluding hydrogens is 462 g/mol. The van der Waals surface area contributed by atoms with Crippen LogP contribution in [0.1, 0.15) is 15.9 Å². The Balaban J connectivity index is 2.28. The number of hydrogen-bond donors (Lipinski definition) is 1. The maximum atomic E-state index is 12.8. The monoisotopic (exact) mass is 469 g/mol. The van der Waals surface area contributed by atoms with E-state index in [1.807, 2.05) is 6.07 Å². The summed E-state index contributed by atoms with van der Waals surface area (Å²) in [5.74, 6) is -0.588. The van der Waals surface area contributed by atoms with Crippen molar-refractivity contribution in [2.24, 2.45) is 0 Å². The summed E-state index contributed by atoms with van der Waals surface area (Å²) in [5.41, 5.74) is -0.398. The van der Waals surface area contributed by atoms with E-state index in [1.165, 1.54) is 12.1 Å². The highest BCUT2D eigenvalue weighted by atomic mass is 127. The van der Waals surface area contributed by atoms with Crippen LogP contribution in [0.3, 0.4) is 0 Å². The first-order chi connectivity index (χ1) is 9.77. The van der Waals surface area contributed by atoms with Gasteiger partial charge in [0.1, 0.15) is 0 Å². The summed E-state index contributed by atoms with van der Waals surface area (Å²) < 4.78 is 39.2. The molecule has 110 valence electrons. The highest BCUT2D eigenvalue weighted by molar-refractivity contribution is 14.1. The van der Waals surface area contributed by atoms with E-state index < -0.39 is 17.6 Å². The van der Waals surface area contributed by atoms with Crippen molar-refractivity contribution in [3.63, 3.8) is 0 Å². The standard InChI is InChI=1S/C14H8BrF3INO/c15-12-5-4-8(6-11(12)14(16,17)18)13(21)20-10-3-1-2-9(19)7-10/h1-7H,(H,20,21). The Hall–Kier alpha value is -1.09. The van der Waals surface area contributed by atoms with Gasteiger partial charge in [-0.25, -0.2) is 0 Å². The average molecular weight is 470 g/mol. The predicted octanol–water partition coefficient (Wildman–Crippen LogP) is 5.32. The van der Waals surface area contributed by atoms with Crippen LogP contribution in [0.25, 0.3) is 0 Å². The normalized spacial score (nSPS) is 11.3. The SMILES string of the molecule is O=C(Nc1cccc(I)c1)c1ccc(Br)c(C(F)(F)F)c1. The first kappa shape index (κ1) is 16.3. The van der Waals surface area contributed by atoms with Crippen LogP contribution in [0.15, 0.2) is 46.9 Å². The van der Waals surface area contributed by atoms with E-state index in [4.69, 9.17) is 0 Å². The molecule has 0 atom stereocenters. The Morgan fingerprint density at radius 1 is 1.14 bits per heavy atom. The van der Waals surface area contributed by atoms with Gasteiger partial charge in [0.25, 0.3) is 5.91 Å². The number of anilines is 1. The van der Waals surface area contributed by atoms with Gasteiger partial charge in [-0.05, 0) is 59.0 Å². The summed E-state index contributed by atoms with van der Waals surface area (Å²) in [5, 5.41) is 2.57. The largest absolute Gasteiger partial charge is 0.417 e. The zero-order chi connectivity index (χ0) is 15.6. The van der Waals surface area contributed by atoms with Crippen molar-refractivity contribution in [1.82, 2.24) is 0 Å². The number of amides is 1. The van der Waals surface area contributed by atoms with Crippen molar-refractivity contribution >= 4 is 50.1 Å². The zero-order valence-electron chi connectivity index (χ0n) is 10.3. The van der Waals surface area contributed by atoms with Gasteiger partial charge in [0, 0.05) is 19.3 Å². The van der Waals surface area contributed by atoms with E-state index in [1.54, 1.807) is 18.2 Å². The van der Waals surface area contributed by atoms with E-state index in [-0.39, 0.29) is 10.0 Å². The van der Waals surface area contributed by atoms with Crippen LogP contribution in [0.5, 0.6) is 0 Å². The van der Waals surface area contributed by atoms with Crippen molar-refractivity contribution in [1.29, 1.82) is 0 Å². The third kappa shape index (κ3) is 4.19. The Bertz CT molecular complexity index is 688. The fourth-order valence-electron chi connectivity index (χ4n) is 1.65. The van der Waals surface area contributed by atoms with Crippen LogP contribution in [-0.4, -0.2) is 5.91 Å². The lowest BCUT2D eigenvalue weighted by molar-refractivity contribution is -0.138. The number of benzene rings is 2. The van der Waals surface area contributed by atoms with Gasteiger partial charge in [0.15, 0.2) is 0 Å². The van der Waals surface area contributed by atoms with E-state index in [0.29, 0.717) is 5.69 Å². The molecule has 1 N–H and O–H groups in total. The summed E-state index contributed by atoms with van der Waals surface area (Å²) in [6.45, 7) is 0. The van der Waals surface area contributed by atoms with Crippen molar-refractivity contribution in [2.75, 3.05) is 5.32 Å². The van der Waals surface area contributed by atoms with Crippen molar-refractivity contribution in [2.45, 2.75) is 6.18 Å². The Kier molecular flexibility index (Phi) is 4.92. The second-order valence-corrected chi connectivity index (χ2v) is 6.26. The molecule has 0 aliphatic carbocycles. The molecule has 2 aromatic rings. The summed E-state index contributed by atoms with van der Waals surface area (Å²) in [6.07, 6.45) is -4.52. The van der Waals surface area contributed by atoms with Gasteiger partial charge in [0.05, 0.1) is 5.56 Å². The molecule has 0 heterocycles. The number of hydrogen-bond acceptors (Lipinski definition) is 1. The molecule has 0 saturated carbocycles. The van der Waals surface area contributed by atoms with Crippen LogP contribution >= 0.6 is 38.5 Å². The zero-order valence-corrected chi connectivity index (χ0v) is 14.1. The molecule has 0 bridgehead atoms. The Morgan fingerprint density at radius 3 is 2.48 bits per heavy atom. The molecule has 0 aromatic heterocycles. The first-order valence-electron chi connectivity index (χ1n) is 5.71.